The molecule has 0 aromatic rings. The van der Waals surface area contributed by atoms with Gasteiger partial charge in [0.25, 0.3) is 0 Å². The van der Waals surface area contributed by atoms with Crippen LogP contribution in [0.5, 0.6) is 0 Å². The Morgan fingerprint density at radius 2 is 1.48 bits per heavy atom. The van der Waals surface area contributed by atoms with E-state index >= 15 is 0 Å². The van der Waals surface area contributed by atoms with Gasteiger partial charge in [0, 0.05) is 42.1 Å². The van der Waals surface area contributed by atoms with Crippen molar-refractivity contribution in [2.75, 3.05) is 57.4 Å². The summed E-state index contributed by atoms with van der Waals surface area (Å²) in [6.07, 6.45) is 4.88. The predicted octanol–water partition coefficient (Wildman–Crippen LogP) is 7.00. The highest BCUT2D eigenvalue weighted by Gasteiger charge is 2.35. The normalized spacial score (nSPS) is 15.6. The van der Waals surface area contributed by atoms with E-state index in [4.69, 9.17) is 33.5 Å². The minimum absolute atomic E-state index is 0.0255. The number of unbranched alkanes of at least 4 members (excludes halogenated alkanes) is 2. The Balaban J connectivity index is 0. The highest BCUT2D eigenvalue weighted by molar-refractivity contribution is 14.1. The van der Waals surface area contributed by atoms with E-state index in [0.717, 1.165) is 34.5 Å². The molecule has 16 heteroatoms. The lowest BCUT2D eigenvalue weighted by Crippen LogP contribution is -2.41. The number of aliphatic hydroxyl groups excluding tert-OH is 2. The molecule has 0 bridgehead atoms. The van der Waals surface area contributed by atoms with Crippen molar-refractivity contribution in [1.82, 2.24) is 0 Å². The number of hydrogen-bond acceptors (Lipinski definition) is 12. The fraction of sp³-hybridized carbons (Fsp3) is 0.867. The van der Waals surface area contributed by atoms with Gasteiger partial charge in [0.1, 0.15) is 19.8 Å². The number of esters is 2. The first-order valence-corrected chi connectivity index (χ1v) is 21.3. The summed E-state index contributed by atoms with van der Waals surface area (Å²) in [5, 5.41) is 17.4. The van der Waals surface area contributed by atoms with Gasteiger partial charge in [0.05, 0.1) is 31.3 Å². The van der Waals surface area contributed by atoms with Crippen LogP contribution in [0.15, 0.2) is 0 Å². The van der Waals surface area contributed by atoms with Crippen molar-refractivity contribution in [2.24, 2.45) is 10.8 Å². The Kier molecular flexibility index (Phi) is 31.8. The van der Waals surface area contributed by atoms with Gasteiger partial charge in [-0.05, 0) is 66.2 Å². The molecule has 0 aliphatic carbocycles. The fourth-order valence-electron chi connectivity index (χ4n) is 3.03. The van der Waals surface area contributed by atoms with E-state index in [1.165, 1.54) is 0 Å². The molecule has 2 N–H and O–H groups in total. The number of hydrogen-bond donors (Lipinski definition) is 2. The van der Waals surface area contributed by atoms with E-state index in [0.29, 0.717) is 54.4 Å². The second-order valence-corrected chi connectivity index (χ2v) is 14.4. The minimum Gasteiger partial charge on any atom is -0.466 e. The van der Waals surface area contributed by atoms with Gasteiger partial charge in [-0.15, -0.1) is 0 Å². The van der Waals surface area contributed by atoms with Crippen LogP contribution in [0.3, 0.4) is 0 Å². The molecule has 2 aliphatic rings. The van der Waals surface area contributed by atoms with Crippen molar-refractivity contribution in [2.45, 2.75) is 91.3 Å². The van der Waals surface area contributed by atoms with Gasteiger partial charge < -0.3 is 38.6 Å². The molecule has 0 aromatic heterocycles. The molecule has 272 valence electrons. The van der Waals surface area contributed by atoms with Crippen molar-refractivity contribution in [3.8, 4) is 0 Å². The molecule has 0 aromatic carbocycles. The van der Waals surface area contributed by atoms with Crippen LogP contribution in [0.1, 0.15) is 79.1 Å². The van der Waals surface area contributed by atoms with Crippen molar-refractivity contribution < 1.29 is 57.8 Å². The third-order valence-electron chi connectivity index (χ3n) is 5.86. The molecule has 0 amide bonds. The second-order valence-electron chi connectivity index (χ2n) is 11.4. The smallest absolute Gasteiger partial charge is 0.466 e. The van der Waals surface area contributed by atoms with Crippen LogP contribution in [-0.2, 0) is 38.0 Å². The van der Waals surface area contributed by atoms with E-state index in [-0.39, 0.29) is 49.4 Å². The Bertz CT molecular complexity index is 789. The Morgan fingerprint density at radius 1 is 0.891 bits per heavy atom. The van der Waals surface area contributed by atoms with Gasteiger partial charge in [0.2, 0.25) is 0 Å². The van der Waals surface area contributed by atoms with E-state index in [2.05, 4.69) is 90.4 Å². The third-order valence-corrected chi connectivity index (χ3v) is 12.3. The average Bonchev–Trinajstić information content (AvgIpc) is 3.28. The van der Waals surface area contributed by atoms with Crippen LogP contribution in [0.2, 0.25) is 0 Å². The third kappa shape index (κ3) is 27.2. The topological polar surface area (TPSA) is 164 Å². The first-order chi connectivity index (χ1) is 21.7. The maximum absolute atomic E-state index is 11.5. The first-order valence-electron chi connectivity index (χ1n) is 15.2. The van der Waals surface area contributed by atoms with Crippen LogP contribution in [0, 0.1) is 10.8 Å². The molecule has 0 saturated carbocycles. The van der Waals surface area contributed by atoms with Crippen molar-refractivity contribution >= 4 is 115 Å². The van der Waals surface area contributed by atoms with Gasteiger partial charge in [-0.2, -0.15) is 0 Å². The van der Waals surface area contributed by atoms with Crippen LogP contribution in [0.4, 0.5) is 9.59 Å². The van der Waals surface area contributed by atoms with Crippen molar-refractivity contribution in [3.63, 3.8) is 0 Å². The zero-order valence-electron chi connectivity index (χ0n) is 27.4. The number of ether oxygens (including phenoxy) is 6. The predicted molar refractivity (Wildman–Crippen MR) is 209 cm³/mol. The van der Waals surface area contributed by atoms with Gasteiger partial charge in [-0.1, -0.05) is 90.4 Å². The summed E-state index contributed by atoms with van der Waals surface area (Å²) >= 11 is 8.92. The molecule has 0 unspecified atom stereocenters. The lowest BCUT2D eigenvalue weighted by molar-refractivity contribution is -0.147. The summed E-state index contributed by atoms with van der Waals surface area (Å²) in [6, 6.07) is 0. The Labute approximate surface area is 328 Å². The van der Waals surface area contributed by atoms with Gasteiger partial charge >= 0.3 is 24.2 Å². The summed E-state index contributed by atoms with van der Waals surface area (Å²) in [5.74, 6) is -0.222. The zero-order chi connectivity index (χ0) is 35.4. The molecule has 0 radical (unpaired) electrons. The summed E-state index contributed by atoms with van der Waals surface area (Å²) in [6.45, 7) is 9.10. The quantitative estimate of drug-likeness (QED) is 0.0603. The minimum atomic E-state index is -0.711. The van der Waals surface area contributed by atoms with Gasteiger partial charge in [-0.25, -0.2) is 9.59 Å². The number of rotatable bonds is 14. The van der Waals surface area contributed by atoms with E-state index < -0.39 is 17.7 Å². The standard InChI is InChI=1S/C15H26I2O6.C6H8I2O3.C6H10O2.C3H8O/c1-12(2)23-13(19)6-4-3-5-7-21-14(20)22-11-15(8-16,9-17)10-18;7-1-6(2-8)3-10-5(9)11-4-6;7-6-4-2-1-3-5-8-6;1-3(2)4/h12,18H,3-11H2,1-2H3;1-4H2;1-5H2;3-4H,1-2H3. The van der Waals surface area contributed by atoms with Crippen molar-refractivity contribution in [3.05, 3.63) is 0 Å². The largest absolute Gasteiger partial charge is 0.508 e. The molecule has 2 heterocycles. The highest BCUT2D eigenvalue weighted by atomic mass is 127. The van der Waals surface area contributed by atoms with E-state index in [1.54, 1.807) is 13.8 Å². The highest BCUT2D eigenvalue weighted by Crippen LogP contribution is 2.28. The number of cyclic esters (lactones) is 3. The molecule has 0 atom stereocenters. The van der Waals surface area contributed by atoms with Gasteiger partial charge in [-0.3, -0.25) is 9.59 Å². The van der Waals surface area contributed by atoms with E-state index in [9.17, 15) is 24.3 Å². The maximum atomic E-state index is 11.5. The van der Waals surface area contributed by atoms with Crippen LogP contribution >= 0.6 is 90.4 Å². The first kappa shape index (κ1) is 48.4. The monoisotopic (exact) mass is 1110 g/mol. The summed E-state index contributed by atoms with van der Waals surface area (Å²) in [5.41, 5.74) is -0.355. The van der Waals surface area contributed by atoms with Gasteiger partial charge in [0.15, 0.2) is 0 Å². The summed E-state index contributed by atoms with van der Waals surface area (Å²) < 4.78 is 32.8. The number of carbonyl (C=O) groups is 4. The number of halogens is 4. The molecule has 46 heavy (non-hydrogen) atoms. The second kappa shape index (κ2) is 30.2. The van der Waals surface area contributed by atoms with Crippen molar-refractivity contribution in [1.29, 1.82) is 0 Å². The van der Waals surface area contributed by atoms with Crippen LogP contribution < -0.4 is 0 Å². The molecule has 2 rings (SSSR count). The lowest BCUT2D eigenvalue weighted by atomic mass is 9.96. The SMILES string of the molecule is CC(C)O.CC(C)OC(=O)CCCCCOC(=O)OCC(CO)(CI)CI.O=C1CCCCCO1.O=C1OCC(CI)(CI)CO1. The molecule has 2 saturated heterocycles. The fourth-order valence-corrected chi connectivity index (χ4v) is 7.97. The molecule has 12 nitrogen and oxygen atoms in total. The Hall–Kier alpha value is 0.320. The molecular formula is C30H52I4O12. The number of carbonyl (C=O) groups excluding carboxylic acids is 4. The van der Waals surface area contributed by atoms with Crippen LogP contribution in [-0.4, -0.2) is 104 Å². The Morgan fingerprint density at radius 3 is 1.98 bits per heavy atom. The van der Waals surface area contributed by atoms with Crippen LogP contribution in [0.25, 0.3) is 0 Å². The number of aliphatic hydroxyl groups is 2. The summed E-state index contributed by atoms with van der Waals surface area (Å²) in [4.78, 5) is 43.8. The van der Waals surface area contributed by atoms with E-state index in [1.807, 2.05) is 13.8 Å². The summed E-state index contributed by atoms with van der Waals surface area (Å²) in [7, 11) is 0. The molecule has 2 fully saturated rings. The molecular weight excluding hydrogens is 1060 g/mol. The molecule has 2 aliphatic heterocycles. The average molecular weight is 1110 g/mol. The lowest BCUT2D eigenvalue weighted by Gasteiger charge is -2.32. The molecule has 0 spiro atoms. The number of alkyl halides is 4. The zero-order valence-corrected chi connectivity index (χ0v) is 36.0. The maximum Gasteiger partial charge on any atom is 0.508 e.